The maximum absolute atomic E-state index is 11.8. The van der Waals surface area contributed by atoms with Gasteiger partial charge in [-0.05, 0) is 18.2 Å². The van der Waals surface area contributed by atoms with Crippen LogP contribution in [0, 0.1) is 0 Å². The van der Waals surface area contributed by atoms with Gasteiger partial charge in [0.1, 0.15) is 0 Å². The van der Waals surface area contributed by atoms with Crippen LogP contribution in [0.25, 0.3) is 0 Å². The van der Waals surface area contributed by atoms with Gasteiger partial charge in [-0.25, -0.2) is 0 Å². The number of thioether (sulfide) groups is 1. The molecule has 5 heteroatoms. The Morgan fingerprint density at radius 3 is 2.54 bits per heavy atom. The van der Waals surface area contributed by atoms with E-state index >= 15 is 0 Å². The van der Waals surface area contributed by atoms with Crippen molar-refractivity contribution in [2.75, 3.05) is 5.75 Å². The highest BCUT2D eigenvalue weighted by Gasteiger charge is 2.34. The zero-order valence-corrected chi connectivity index (χ0v) is 8.22. The second kappa shape index (κ2) is 3.96. The molecular weight excluding hydrogens is 221 g/mol. The van der Waals surface area contributed by atoms with Gasteiger partial charge in [0, 0.05) is 5.75 Å². The Bertz CT molecular complexity index is 234. The molecule has 1 rings (SSSR count). The van der Waals surface area contributed by atoms with Crippen LogP contribution < -0.4 is 0 Å². The first kappa shape index (κ1) is 11.0. The number of halogens is 4. The predicted octanol–water partition coefficient (Wildman–Crippen LogP) is 3.73. The number of alkyl halides is 4. The maximum Gasteiger partial charge on any atom is 0.441 e. The molecule has 0 fully saturated rings. The van der Waals surface area contributed by atoms with Gasteiger partial charge in [0.15, 0.2) is 0 Å². The molecule has 1 atom stereocenters. The Hall–Kier alpha value is -0.0900. The minimum absolute atomic E-state index is 0.0781. The van der Waals surface area contributed by atoms with Crippen LogP contribution in [0.4, 0.5) is 13.2 Å². The van der Waals surface area contributed by atoms with E-state index in [1.807, 2.05) is 0 Å². The fourth-order valence-electron chi connectivity index (χ4n) is 0.947. The Labute approximate surface area is 83.8 Å². The average Bonchev–Trinajstić information content (AvgIpc) is 2.02. The van der Waals surface area contributed by atoms with Gasteiger partial charge >= 0.3 is 5.51 Å². The summed E-state index contributed by atoms with van der Waals surface area (Å²) in [6, 6.07) is 0. The molecule has 0 saturated heterocycles. The summed E-state index contributed by atoms with van der Waals surface area (Å²) >= 11 is 5.84. The quantitative estimate of drug-likeness (QED) is 0.649. The van der Waals surface area contributed by atoms with E-state index in [-0.39, 0.29) is 17.5 Å². The summed E-state index contributed by atoms with van der Waals surface area (Å²) in [5, 5.41) is 0. The van der Waals surface area contributed by atoms with E-state index in [0.29, 0.717) is 6.42 Å². The molecule has 0 amide bonds. The van der Waals surface area contributed by atoms with Crippen molar-refractivity contribution < 1.29 is 13.2 Å². The van der Waals surface area contributed by atoms with Crippen molar-refractivity contribution >= 4 is 23.4 Å². The summed E-state index contributed by atoms with van der Waals surface area (Å²) in [7, 11) is 0. The molecule has 0 bridgehead atoms. The lowest BCUT2D eigenvalue weighted by molar-refractivity contribution is -0.0328. The Kier molecular flexibility index (Phi) is 3.35. The first-order valence-electron chi connectivity index (χ1n) is 3.65. The Morgan fingerprint density at radius 1 is 1.38 bits per heavy atom. The van der Waals surface area contributed by atoms with Crippen LogP contribution in [0.15, 0.2) is 24.3 Å². The van der Waals surface area contributed by atoms with Crippen molar-refractivity contribution in [1.82, 2.24) is 0 Å². The Balaban J connectivity index is 2.44. The van der Waals surface area contributed by atoms with Crippen molar-refractivity contribution in [3.8, 4) is 0 Å². The highest BCUT2D eigenvalue weighted by molar-refractivity contribution is 8.00. The molecule has 0 aromatic heterocycles. The van der Waals surface area contributed by atoms with E-state index < -0.39 is 10.4 Å². The SMILES string of the molecule is FC(F)(F)SCC1(Cl)C=CC=CC1. The number of hydrogen-bond donors (Lipinski definition) is 0. The second-order valence-electron chi connectivity index (χ2n) is 2.76. The molecule has 1 aliphatic carbocycles. The molecule has 0 aromatic rings. The van der Waals surface area contributed by atoms with Gasteiger partial charge in [0.25, 0.3) is 0 Å². The topological polar surface area (TPSA) is 0 Å². The highest BCUT2D eigenvalue weighted by Crippen LogP contribution is 2.37. The van der Waals surface area contributed by atoms with E-state index in [4.69, 9.17) is 11.6 Å². The van der Waals surface area contributed by atoms with Crippen molar-refractivity contribution in [2.24, 2.45) is 0 Å². The minimum atomic E-state index is -4.20. The lowest BCUT2D eigenvalue weighted by atomic mass is 10.0. The smallest absolute Gasteiger partial charge is 0.160 e. The van der Waals surface area contributed by atoms with E-state index in [9.17, 15) is 13.2 Å². The van der Waals surface area contributed by atoms with Crippen LogP contribution in [-0.4, -0.2) is 16.1 Å². The number of hydrogen-bond acceptors (Lipinski definition) is 1. The van der Waals surface area contributed by atoms with Gasteiger partial charge in [-0.3, -0.25) is 0 Å². The maximum atomic E-state index is 11.8. The normalized spacial score (nSPS) is 28.0. The van der Waals surface area contributed by atoms with Gasteiger partial charge in [0.05, 0.1) is 4.87 Å². The van der Waals surface area contributed by atoms with E-state index in [1.165, 1.54) is 0 Å². The summed E-state index contributed by atoms with van der Waals surface area (Å²) in [5.41, 5.74) is -4.20. The van der Waals surface area contributed by atoms with Gasteiger partial charge in [-0.1, -0.05) is 24.3 Å². The van der Waals surface area contributed by atoms with Gasteiger partial charge < -0.3 is 0 Å². The zero-order chi connectivity index (χ0) is 9.95. The van der Waals surface area contributed by atoms with E-state index in [0.717, 1.165) is 0 Å². The first-order valence-corrected chi connectivity index (χ1v) is 5.02. The molecule has 74 valence electrons. The van der Waals surface area contributed by atoms with Crippen molar-refractivity contribution in [2.45, 2.75) is 16.8 Å². The van der Waals surface area contributed by atoms with Crippen LogP contribution in [0.5, 0.6) is 0 Å². The Morgan fingerprint density at radius 2 is 2.08 bits per heavy atom. The van der Waals surface area contributed by atoms with Gasteiger partial charge in [-0.2, -0.15) is 13.2 Å². The third kappa shape index (κ3) is 4.09. The molecule has 0 radical (unpaired) electrons. The minimum Gasteiger partial charge on any atom is -0.160 e. The standard InChI is InChI=1S/C8H8ClF3S/c9-7(4-2-1-3-5-7)6-13-8(10,11)12/h1-4H,5-6H2. The highest BCUT2D eigenvalue weighted by atomic mass is 35.5. The van der Waals surface area contributed by atoms with Crippen LogP contribution in [0.3, 0.4) is 0 Å². The molecule has 1 aliphatic rings. The summed E-state index contributed by atoms with van der Waals surface area (Å²) in [6.45, 7) is 0. The van der Waals surface area contributed by atoms with Crippen molar-refractivity contribution in [1.29, 1.82) is 0 Å². The second-order valence-corrected chi connectivity index (χ2v) is 4.55. The lowest BCUT2D eigenvalue weighted by Gasteiger charge is -2.23. The van der Waals surface area contributed by atoms with Crippen LogP contribution in [0.2, 0.25) is 0 Å². The molecular formula is C8H8ClF3S. The zero-order valence-electron chi connectivity index (χ0n) is 6.64. The van der Waals surface area contributed by atoms with Crippen molar-refractivity contribution in [3.05, 3.63) is 24.3 Å². The van der Waals surface area contributed by atoms with Crippen LogP contribution in [-0.2, 0) is 0 Å². The fourth-order valence-corrected chi connectivity index (χ4v) is 1.89. The molecule has 0 nitrogen and oxygen atoms in total. The molecule has 1 unspecified atom stereocenters. The van der Waals surface area contributed by atoms with Gasteiger partial charge in [-0.15, -0.1) is 11.6 Å². The summed E-state index contributed by atoms with van der Waals surface area (Å²) in [6.07, 6.45) is 7.28. The van der Waals surface area contributed by atoms with Crippen LogP contribution in [0.1, 0.15) is 6.42 Å². The first-order chi connectivity index (χ1) is 5.91. The van der Waals surface area contributed by atoms with E-state index in [1.54, 1.807) is 24.3 Å². The summed E-state index contributed by atoms with van der Waals surface area (Å²) in [5.74, 6) is -0.140. The summed E-state index contributed by atoms with van der Waals surface area (Å²) in [4.78, 5) is -0.866. The third-order valence-electron chi connectivity index (χ3n) is 1.58. The van der Waals surface area contributed by atoms with Crippen LogP contribution >= 0.6 is 23.4 Å². The molecule has 0 heterocycles. The molecule has 0 aliphatic heterocycles. The number of allylic oxidation sites excluding steroid dienone is 4. The van der Waals surface area contributed by atoms with Crippen molar-refractivity contribution in [3.63, 3.8) is 0 Å². The molecule has 13 heavy (non-hydrogen) atoms. The molecule has 0 N–H and O–H groups in total. The lowest BCUT2D eigenvalue weighted by Crippen LogP contribution is -2.24. The monoisotopic (exact) mass is 228 g/mol. The van der Waals surface area contributed by atoms with Gasteiger partial charge in [0.2, 0.25) is 0 Å². The fraction of sp³-hybridized carbons (Fsp3) is 0.500. The van der Waals surface area contributed by atoms with E-state index in [2.05, 4.69) is 0 Å². The average molecular weight is 229 g/mol. The molecule has 0 saturated carbocycles. The number of rotatable bonds is 2. The summed E-state index contributed by atoms with van der Waals surface area (Å²) < 4.78 is 35.5. The largest absolute Gasteiger partial charge is 0.441 e. The predicted molar refractivity (Wildman–Crippen MR) is 50.0 cm³/mol. The molecule has 0 spiro atoms. The molecule has 0 aromatic carbocycles. The third-order valence-corrected chi connectivity index (χ3v) is 3.13.